The molecule has 28 heavy (non-hydrogen) atoms. The number of amides is 1. The van der Waals surface area contributed by atoms with Gasteiger partial charge in [-0.25, -0.2) is 8.42 Å². The van der Waals surface area contributed by atoms with Crippen LogP contribution in [0.25, 0.3) is 16.8 Å². The molecule has 0 saturated carbocycles. The van der Waals surface area contributed by atoms with E-state index in [1.54, 1.807) is 28.4 Å². The van der Waals surface area contributed by atoms with E-state index in [9.17, 15) is 13.2 Å². The predicted molar refractivity (Wildman–Crippen MR) is 115 cm³/mol. The Morgan fingerprint density at radius 1 is 1.11 bits per heavy atom. The van der Waals surface area contributed by atoms with Gasteiger partial charge in [0, 0.05) is 23.5 Å². The van der Waals surface area contributed by atoms with E-state index in [4.69, 9.17) is 0 Å². The van der Waals surface area contributed by atoms with Gasteiger partial charge in [-0.15, -0.1) is 11.3 Å². The van der Waals surface area contributed by atoms with Crippen molar-refractivity contribution in [3.05, 3.63) is 76.5 Å². The quantitative estimate of drug-likeness (QED) is 0.593. The number of hydrogen-bond donors (Lipinski definition) is 0. The van der Waals surface area contributed by atoms with Gasteiger partial charge in [-0.3, -0.25) is 4.79 Å². The largest absolute Gasteiger partial charge is 0.331 e. The molecule has 0 aliphatic carbocycles. The fraction of sp³-hybridized carbons (Fsp3) is 0.227. The van der Waals surface area contributed by atoms with Crippen LogP contribution in [0.4, 0.5) is 0 Å². The third-order valence-electron chi connectivity index (χ3n) is 5.09. The molecule has 144 valence electrons. The van der Waals surface area contributed by atoms with Crippen LogP contribution < -0.4 is 0 Å². The highest BCUT2D eigenvalue weighted by Crippen LogP contribution is 2.25. The van der Waals surface area contributed by atoms with Crippen molar-refractivity contribution in [2.75, 3.05) is 11.5 Å². The minimum absolute atomic E-state index is 0.0380. The molecule has 2 aromatic carbocycles. The van der Waals surface area contributed by atoms with E-state index in [-0.39, 0.29) is 23.5 Å². The third kappa shape index (κ3) is 4.18. The van der Waals surface area contributed by atoms with Crippen LogP contribution in [0.5, 0.6) is 0 Å². The fourth-order valence-electron chi connectivity index (χ4n) is 3.66. The molecule has 1 aliphatic rings. The number of thiophene rings is 1. The molecular formula is C22H21NO3S2. The van der Waals surface area contributed by atoms with Gasteiger partial charge in [0.1, 0.15) is 0 Å². The fourth-order valence-corrected chi connectivity index (χ4v) is 6.01. The maximum atomic E-state index is 13.0. The molecule has 6 heteroatoms. The molecule has 0 radical (unpaired) electrons. The molecule has 4 rings (SSSR count). The summed E-state index contributed by atoms with van der Waals surface area (Å²) < 4.78 is 24.0. The molecule has 1 atom stereocenters. The summed E-state index contributed by atoms with van der Waals surface area (Å²) in [6.07, 6.45) is 3.85. The van der Waals surface area contributed by atoms with Crippen LogP contribution in [0.2, 0.25) is 0 Å². The SMILES string of the molecule is O=C(C=Cc1cccs1)N(Cc1cccc2ccccc12)C1CCS(=O)(=O)C1. The summed E-state index contributed by atoms with van der Waals surface area (Å²) in [6, 6.07) is 17.7. The van der Waals surface area contributed by atoms with Gasteiger partial charge in [0.2, 0.25) is 5.91 Å². The first-order valence-corrected chi connectivity index (χ1v) is 11.9. The van der Waals surface area contributed by atoms with Crippen LogP contribution in [0.15, 0.2) is 66.1 Å². The third-order valence-corrected chi connectivity index (χ3v) is 7.67. The van der Waals surface area contributed by atoms with Gasteiger partial charge in [0.05, 0.1) is 11.5 Å². The first kappa shape index (κ1) is 18.9. The molecule has 1 saturated heterocycles. The maximum absolute atomic E-state index is 13.0. The lowest BCUT2D eigenvalue weighted by molar-refractivity contribution is -0.128. The van der Waals surface area contributed by atoms with Crippen LogP contribution in [0.3, 0.4) is 0 Å². The second-order valence-electron chi connectivity index (χ2n) is 7.01. The van der Waals surface area contributed by atoms with Crippen molar-refractivity contribution in [2.45, 2.75) is 19.0 Å². The van der Waals surface area contributed by atoms with E-state index >= 15 is 0 Å². The number of sulfone groups is 1. The Hall–Kier alpha value is -2.44. The van der Waals surface area contributed by atoms with Gasteiger partial charge in [0.25, 0.3) is 0 Å². The Labute approximate surface area is 169 Å². The normalized spacial score (nSPS) is 18.6. The number of benzene rings is 2. The molecule has 1 aromatic heterocycles. The van der Waals surface area contributed by atoms with E-state index in [0.29, 0.717) is 13.0 Å². The molecule has 0 bridgehead atoms. The molecule has 2 heterocycles. The van der Waals surface area contributed by atoms with Crippen molar-refractivity contribution >= 4 is 43.9 Å². The summed E-state index contributed by atoms with van der Waals surface area (Å²) in [5.74, 6) is 0.0329. The van der Waals surface area contributed by atoms with Crippen molar-refractivity contribution < 1.29 is 13.2 Å². The Balaban J connectivity index is 1.65. The standard InChI is InChI=1S/C22H21NO3S2/c24-22(11-10-20-8-4-13-27-20)23(19-12-14-28(25,26)16-19)15-18-7-3-6-17-5-1-2-9-21(17)18/h1-11,13,19H,12,14-16H2. The average molecular weight is 412 g/mol. The summed E-state index contributed by atoms with van der Waals surface area (Å²) in [6.45, 7) is 0.398. The first-order chi connectivity index (χ1) is 13.5. The lowest BCUT2D eigenvalue weighted by Crippen LogP contribution is -2.39. The monoisotopic (exact) mass is 411 g/mol. The Morgan fingerprint density at radius 2 is 1.93 bits per heavy atom. The zero-order valence-electron chi connectivity index (χ0n) is 15.3. The highest BCUT2D eigenvalue weighted by Gasteiger charge is 2.34. The molecule has 1 aliphatic heterocycles. The molecule has 1 amide bonds. The summed E-state index contributed by atoms with van der Waals surface area (Å²) in [4.78, 5) is 15.7. The summed E-state index contributed by atoms with van der Waals surface area (Å²) in [7, 11) is -3.08. The number of fused-ring (bicyclic) bond motifs is 1. The Morgan fingerprint density at radius 3 is 2.68 bits per heavy atom. The molecule has 4 nitrogen and oxygen atoms in total. The van der Waals surface area contributed by atoms with Gasteiger partial charge in [0.15, 0.2) is 9.84 Å². The summed E-state index contributed by atoms with van der Waals surface area (Å²) in [5, 5.41) is 4.16. The van der Waals surface area contributed by atoms with E-state index < -0.39 is 9.84 Å². The summed E-state index contributed by atoms with van der Waals surface area (Å²) >= 11 is 1.56. The number of carbonyl (C=O) groups is 1. The topological polar surface area (TPSA) is 54.5 Å². The Bertz CT molecular complexity index is 1110. The zero-order chi connectivity index (χ0) is 19.6. The second-order valence-corrected chi connectivity index (χ2v) is 10.2. The van der Waals surface area contributed by atoms with Gasteiger partial charge in [-0.05, 0) is 40.3 Å². The predicted octanol–water partition coefficient (Wildman–Crippen LogP) is 4.13. The molecule has 1 fully saturated rings. The van der Waals surface area contributed by atoms with Crippen molar-refractivity contribution in [3.63, 3.8) is 0 Å². The van der Waals surface area contributed by atoms with Crippen LogP contribution in [-0.2, 0) is 21.2 Å². The molecule has 3 aromatic rings. The van der Waals surface area contributed by atoms with Crippen LogP contribution in [-0.4, -0.2) is 36.8 Å². The van der Waals surface area contributed by atoms with Crippen LogP contribution in [0.1, 0.15) is 16.9 Å². The number of hydrogen-bond acceptors (Lipinski definition) is 4. The molecular weight excluding hydrogens is 390 g/mol. The van der Waals surface area contributed by atoms with E-state index in [1.165, 1.54) is 0 Å². The Kier molecular flexibility index (Phi) is 5.33. The smallest absolute Gasteiger partial charge is 0.247 e. The van der Waals surface area contributed by atoms with Gasteiger partial charge < -0.3 is 4.90 Å². The van der Waals surface area contributed by atoms with Crippen LogP contribution in [0, 0.1) is 0 Å². The molecule has 1 unspecified atom stereocenters. The maximum Gasteiger partial charge on any atom is 0.247 e. The highest BCUT2D eigenvalue weighted by molar-refractivity contribution is 7.91. The van der Waals surface area contributed by atoms with Crippen molar-refractivity contribution in [3.8, 4) is 0 Å². The van der Waals surface area contributed by atoms with Gasteiger partial charge in [-0.1, -0.05) is 48.5 Å². The van der Waals surface area contributed by atoms with E-state index in [0.717, 1.165) is 21.2 Å². The summed E-state index contributed by atoms with van der Waals surface area (Å²) in [5.41, 5.74) is 1.03. The lowest BCUT2D eigenvalue weighted by atomic mass is 10.0. The van der Waals surface area contributed by atoms with Crippen molar-refractivity contribution in [1.29, 1.82) is 0 Å². The van der Waals surface area contributed by atoms with Gasteiger partial charge >= 0.3 is 0 Å². The number of carbonyl (C=O) groups excluding carboxylic acids is 1. The van der Waals surface area contributed by atoms with Crippen molar-refractivity contribution in [1.82, 2.24) is 4.90 Å². The van der Waals surface area contributed by atoms with E-state index in [2.05, 4.69) is 0 Å². The van der Waals surface area contributed by atoms with E-state index in [1.807, 2.05) is 60.0 Å². The average Bonchev–Trinajstić information content (AvgIpc) is 3.33. The molecule has 0 N–H and O–H groups in total. The number of nitrogens with zero attached hydrogens (tertiary/aromatic N) is 1. The minimum atomic E-state index is -3.08. The molecule has 0 spiro atoms. The zero-order valence-corrected chi connectivity index (χ0v) is 17.0. The second kappa shape index (κ2) is 7.89. The lowest BCUT2D eigenvalue weighted by Gasteiger charge is -2.28. The van der Waals surface area contributed by atoms with Gasteiger partial charge in [-0.2, -0.15) is 0 Å². The van der Waals surface area contributed by atoms with Crippen molar-refractivity contribution in [2.24, 2.45) is 0 Å². The van der Waals surface area contributed by atoms with Crippen LogP contribution >= 0.6 is 11.3 Å². The number of rotatable bonds is 5. The minimum Gasteiger partial charge on any atom is -0.331 e. The first-order valence-electron chi connectivity index (χ1n) is 9.21. The highest BCUT2D eigenvalue weighted by atomic mass is 32.2.